The first-order chi connectivity index (χ1) is 12.6. The van der Waals surface area contributed by atoms with Gasteiger partial charge in [0.05, 0.1) is 19.3 Å². The van der Waals surface area contributed by atoms with E-state index >= 15 is 0 Å². The van der Waals surface area contributed by atoms with Gasteiger partial charge in [-0.15, -0.1) is 0 Å². The molecule has 4 rings (SSSR count). The van der Waals surface area contributed by atoms with E-state index in [0.29, 0.717) is 12.0 Å². The minimum atomic E-state index is -0.228. The number of rotatable bonds is 4. The third-order valence-electron chi connectivity index (χ3n) is 5.90. The maximum absolute atomic E-state index is 6.63. The van der Waals surface area contributed by atoms with E-state index in [1.165, 1.54) is 11.1 Å². The first kappa shape index (κ1) is 17.4. The smallest absolute Gasteiger partial charge is 0.129 e. The SMILES string of the molecule is COc1ccc2c(c1)OC(C)(C)[C@H]1CC[C@H](CCc3ccccc3)O[C@H]21. The van der Waals surface area contributed by atoms with Gasteiger partial charge in [-0.1, -0.05) is 30.3 Å². The van der Waals surface area contributed by atoms with Gasteiger partial charge >= 0.3 is 0 Å². The molecule has 1 fully saturated rings. The molecule has 2 aliphatic rings. The fourth-order valence-corrected chi connectivity index (χ4v) is 4.40. The molecule has 0 aliphatic carbocycles. The predicted octanol–water partition coefficient (Wildman–Crippen LogP) is 5.34. The summed E-state index contributed by atoms with van der Waals surface area (Å²) in [5.41, 5.74) is 2.32. The van der Waals surface area contributed by atoms with Gasteiger partial charge in [0, 0.05) is 17.5 Å². The standard InChI is InChI=1S/C23H28O3/c1-23(2)20-14-12-17(10-9-16-7-5-4-6-8-16)25-22(20)19-13-11-18(24-3)15-21(19)26-23/h4-8,11,13,15,17,20,22H,9-10,12,14H2,1-3H3/t17-,20-,22+/m0/s1. The van der Waals surface area contributed by atoms with Crippen LogP contribution >= 0.6 is 0 Å². The van der Waals surface area contributed by atoms with Gasteiger partial charge in [0.25, 0.3) is 0 Å². The van der Waals surface area contributed by atoms with Crippen LogP contribution in [0.5, 0.6) is 11.5 Å². The van der Waals surface area contributed by atoms with E-state index < -0.39 is 0 Å². The van der Waals surface area contributed by atoms with Crippen molar-refractivity contribution in [2.24, 2.45) is 5.92 Å². The van der Waals surface area contributed by atoms with Crippen molar-refractivity contribution in [1.82, 2.24) is 0 Å². The van der Waals surface area contributed by atoms with Gasteiger partial charge in [-0.2, -0.15) is 0 Å². The summed E-state index contributed by atoms with van der Waals surface area (Å²) in [4.78, 5) is 0. The molecule has 0 N–H and O–H groups in total. The average molecular weight is 352 g/mol. The zero-order valence-corrected chi connectivity index (χ0v) is 15.9. The molecule has 3 nitrogen and oxygen atoms in total. The number of aryl methyl sites for hydroxylation is 1. The highest BCUT2D eigenvalue weighted by molar-refractivity contribution is 5.44. The second-order valence-corrected chi connectivity index (χ2v) is 8.00. The Morgan fingerprint density at radius 1 is 1.08 bits per heavy atom. The lowest BCUT2D eigenvalue weighted by molar-refractivity contribution is -0.150. The van der Waals surface area contributed by atoms with E-state index in [-0.39, 0.29) is 11.7 Å². The molecule has 0 bridgehead atoms. The Kier molecular flexibility index (Phi) is 4.66. The summed E-state index contributed by atoms with van der Waals surface area (Å²) in [6.45, 7) is 4.36. The molecule has 3 heteroatoms. The van der Waals surface area contributed by atoms with Gasteiger partial charge in [-0.05, 0) is 57.2 Å². The highest BCUT2D eigenvalue weighted by Crippen LogP contribution is 2.51. The molecular formula is C23H28O3. The maximum atomic E-state index is 6.63. The summed E-state index contributed by atoms with van der Waals surface area (Å²) < 4.78 is 18.3. The third kappa shape index (κ3) is 3.33. The first-order valence-corrected chi connectivity index (χ1v) is 9.63. The number of fused-ring (bicyclic) bond motifs is 3. The monoisotopic (exact) mass is 352 g/mol. The topological polar surface area (TPSA) is 27.7 Å². The molecule has 0 aromatic heterocycles. The van der Waals surface area contributed by atoms with Crippen molar-refractivity contribution in [2.75, 3.05) is 7.11 Å². The number of ether oxygens (including phenoxy) is 3. The molecule has 0 spiro atoms. The van der Waals surface area contributed by atoms with Crippen molar-refractivity contribution in [3.8, 4) is 11.5 Å². The van der Waals surface area contributed by atoms with Crippen LogP contribution in [0.1, 0.15) is 50.3 Å². The van der Waals surface area contributed by atoms with Gasteiger partial charge in [0.1, 0.15) is 17.1 Å². The summed E-state index contributed by atoms with van der Waals surface area (Å²) >= 11 is 0. The Bertz CT molecular complexity index is 753. The van der Waals surface area contributed by atoms with Crippen molar-refractivity contribution < 1.29 is 14.2 Å². The van der Waals surface area contributed by atoms with Crippen molar-refractivity contribution >= 4 is 0 Å². The molecule has 2 aliphatic heterocycles. The van der Waals surface area contributed by atoms with Crippen LogP contribution in [0.2, 0.25) is 0 Å². The molecule has 0 radical (unpaired) electrons. The van der Waals surface area contributed by atoms with Crippen molar-refractivity contribution in [3.63, 3.8) is 0 Å². The molecule has 26 heavy (non-hydrogen) atoms. The van der Waals surface area contributed by atoms with E-state index in [2.05, 4.69) is 50.2 Å². The first-order valence-electron chi connectivity index (χ1n) is 9.63. The molecule has 2 aromatic carbocycles. The molecule has 138 valence electrons. The van der Waals surface area contributed by atoms with Crippen LogP contribution in [0.25, 0.3) is 0 Å². The van der Waals surface area contributed by atoms with E-state index in [4.69, 9.17) is 14.2 Å². The summed E-state index contributed by atoms with van der Waals surface area (Å²) in [7, 11) is 1.69. The Morgan fingerprint density at radius 2 is 1.88 bits per heavy atom. The Balaban J connectivity index is 1.53. The molecular weight excluding hydrogens is 324 g/mol. The summed E-state index contributed by atoms with van der Waals surface area (Å²) in [6, 6.07) is 16.8. The molecule has 3 atom stereocenters. The molecule has 2 aromatic rings. The lowest BCUT2D eigenvalue weighted by atomic mass is 9.75. The van der Waals surface area contributed by atoms with E-state index in [9.17, 15) is 0 Å². The van der Waals surface area contributed by atoms with Crippen LogP contribution in [-0.2, 0) is 11.2 Å². The molecule has 2 heterocycles. The van der Waals surface area contributed by atoms with E-state index in [0.717, 1.165) is 37.2 Å². The zero-order valence-electron chi connectivity index (χ0n) is 15.9. The minimum absolute atomic E-state index is 0.106. The zero-order chi connectivity index (χ0) is 18.1. The van der Waals surface area contributed by atoms with Gasteiger partial charge in [-0.25, -0.2) is 0 Å². The van der Waals surface area contributed by atoms with Crippen LogP contribution in [0.4, 0.5) is 0 Å². The highest BCUT2D eigenvalue weighted by atomic mass is 16.5. The minimum Gasteiger partial charge on any atom is -0.497 e. The predicted molar refractivity (Wildman–Crippen MR) is 103 cm³/mol. The van der Waals surface area contributed by atoms with Crippen molar-refractivity contribution in [3.05, 3.63) is 59.7 Å². The lowest BCUT2D eigenvalue weighted by Gasteiger charge is -2.48. The normalized spacial score (nSPS) is 26.3. The quantitative estimate of drug-likeness (QED) is 0.744. The van der Waals surface area contributed by atoms with Crippen LogP contribution in [0.15, 0.2) is 48.5 Å². The number of benzene rings is 2. The molecule has 0 amide bonds. The Labute approximate surface area is 156 Å². The second-order valence-electron chi connectivity index (χ2n) is 8.00. The molecule has 0 unspecified atom stereocenters. The molecule has 0 saturated carbocycles. The number of hydrogen-bond acceptors (Lipinski definition) is 3. The second kappa shape index (κ2) is 6.96. The number of methoxy groups -OCH3 is 1. The maximum Gasteiger partial charge on any atom is 0.129 e. The van der Waals surface area contributed by atoms with Crippen LogP contribution in [0, 0.1) is 5.92 Å². The van der Waals surface area contributed by atoms with Gasteiger partial charge in [0.2, 0.25) is 0 Å². The summed E-state index contributed by atoms with van der Waals surface area (Å²) in [6.07, 6.45) is 4.79. The van der Waals surface area contributed by atoms with Crippen molar-refractivity contribution in [1.29, 1.82) is 0 Å². The summed E-state index contributed by atoms with van der Waals surface area (Å²) in [5, 5.41) is 0. The summed E-state index contributed by atoms with van der Waals surface area (Å²) in [5.74, 6) is 2.12. The third-order valence-corrected chi connectivity index (χ3v) is 5.90. The largest absolute Gasteiger partial charge is 0.497 e. The average Bonchev–Trinajstić information content (AvgIpc) is 2.66. The van der Waals surface area contributed by atoms with Gasteiger partial charge < -0.3 is 14.2 Å². The fraction of sp³-hybridized carbons (Fsp3) is 0.478. The van der Waals surface area contributed by atoms with Crippen LogP contribution in [-0.4, -0.2) is 18.8 Å². The van der Waals surface area contributed by atoms with Crippen LogP contribution < -0.4 is 9.47 Å². The van der Waals surface area contributed by atoms with Gasteiger partial charge in [-0.3, -0.25) is 0 Å². The fourth-order valence-electron chi connectivity index (χ4n) is 4.40. The lowest BCUT2D eigenvalue weighted by Crippen LogP contribution is -2.48. The Morgan fingerprint density at radius 3 is 2.65 bits per heavy atom. The van der Waals surface area contributed by atoms with Crippen LogP contribution in [0.3, 0.4) is 0 Å². The Hall–Kier alpha value is -2.00. The highest BCUT2D eigenvalue weighted by Gasteiger charge is 2.47. The van der Waals surface area contributed by atoms with Gasteiger partial charge in [0.15, 0.2) is 0 Å². The van der Waals surface area contributed by atoms with E-state index in [1.807, 2.05) is 12.1 Å². The molecule has 1 saturated heterocycles. The van der Waals surface area contributed by atoms with Crippen molar-refractivity contribution in [2.45, 2.75) is 57.3 Å². The van der Waals surface area contributed by atoms with E-state index in [1.54, 1.807) is 7.11 Å². The number of hydrogen-bond donors (Lipinski definition) is 0.